The summed E-state index contributed by atoms with van der Waals surface area (Å²) in [7, 11) is 0. The van der Waals surface area contributed by atoms with Gasteiger partial charge in [0.05, 0.1) is 0 Å². The number of carbonyl (C=O) groups is 1. The highest BCUT2D eigenvalue weighted by Gasteiger charge is 2.23. The van der Waals surface area contributed by atoms with Crippen LogP contribution in [0.3, 0.4) is 0 Å². The van der Waals surface area contributed by atoms with Gasteiger partial charge >= 0.3 is 5.97 Å². The van der Waals surface area contributed by atoms with E-state index in [-0.39, 0.29) is 12.1 Å². The van der Waals surface area contributed by atoms with Crippen molar-refractivity contribution in [2.75, 3.05) is 0 Å². The normalized spacial score (nSPS) is 28.2. The standard InChI is InChI=1S/C7H11IO2/c1-5(8)4-6-2-3-7(9)10-6/h5-6H,2-4H2,1H3. The summed E-state index contributed by atoms with van der Waals surface area (Å²) in [6.45, 7) is 2.13. The lowest BCUT2D eigenvalue weighted by Crippen LogP contribution is -2.10. The Morgan fingerprint density at radius 1 is 1.90 bits per heavy atom. The molecule has 1 heterocycles. The highest BCUT2D eigenvalue weighted by molar-refractivity contribution is 14.1. The molecule has 0 amide bonds. The first-order valence-electron chi connectivity index (χ1n) is 3.52. The number of halogens is 1. The van der Waals surface area contributed by atoms with Crippen molar-refractivity contribution in [2.24, 2.45) is 0 Å². The number of hydrogen-bond donors (Lipinski definition) is 0. The van der Waals surface area contributed by atoms with Crippen molar-refractivity contribution in [3.63, 3.8) is 0 Å². The number of hydrogen-bond acceptors (Lipinski definition) is 2. The van der Waals surface area contributed by atoms with Crippen LogP contribution in [0.4, 0.5) is 0 Å². The van der Waals surface area contributed by atoms with Crippen LogP contribution in [-0.4, -0.2) is 16.0 Å². The quantitative estimate of drug-likeness (QED) is 0.427. The molecular weight excluding hydrogens is 243 g/mol. The van der Waals surface area contributed by atoms with E-state index in [0.717, 1.165) is 12.8 Å². The molecule has 0 radical (unpaired) electrons. The second-order valence-corrected chi connectivity index (χ2v) is 4.79. The fourth-order valence-corrected chi connectivity index (χ4v) is 1.68. The Hall–Kier alpha value is 0.200. The Kier molecular flexibility index (Phi) is 2.95. The zero-order chi connectivity index (χ0) is 7.56. The van der Waals surface area contributed by atoms with E-state index in [1.165, 1.54) is 0 Å². The number of rotatable bonds is 2. The highest BCUT2D eigenvalue weighted by atomic mass is 127. The van der Waals surface area contributed by atoms with Gasteiger partial charge in [0.1, 0.15) is 6.10 Å². The lowest BCUT2D eigenvalue weighted by molar-refractivity contribution is -0.141. The molecule has 2 nitrogen and oxygen atoms in total. The Morgan fingerprint density at radius 3 is 3.00 bits per heavy atom. The summed E-state index contributed by atoms with van der Waals surface area (Å²) in [5.74, 6) is -0.0259. The third-order valence-electron chi connectivity index (χ3n) is 1.56. The van der Waals surface area contributed by atoms with Gasteiger partial charge in [-0.1, -0.05) is 29.5 Å². The van der Waals surface area contributed by atoms with Crippen LogP contribution in [0.2, 0.25) is 0 Å². The van der Waals surface area contributed by atoms with Crippen LogP contribution in [0.5, 0.6) is 0 Å². The van der Waals surface area contributed by atoms with Crippen LogP contribution in [-0.2, 0) is 9.53 Å². The maximum atomic E-state index is 10.6. The molecule has 2 atom stereocenters. The van der Waals surface area contributed by atoms with Gasteiger partial charge < -0.3 is 4.74 Å². The highest BCUT2D eigenvalue weighted by Crippen LogP contribution is 2.20. The molecule has 1 fully saturated rings. The van der Waals surface area contributed by atoms with E-state index < -0.39 is 0 Å². The number of esters is 1. The first-order valence-corrected chi connectivity index (χ1v) is 4.76. The molecule has 0 spiro atoms. The van der Waals surface area contributed by atoms with Gasteiger partial charge in [0.25, 0.3) is 0 Å². The summed E-state index contributed by atoms with van der Waals surface area (Å²) >= 11 is 2.35. The van der Waals surface area contributed by atoms with Crippen molar-refractivity contribution in [3.8, 4) is 0 Å². The van der Waals surface area contributed by atoms with Crippen LogP contribution in [0, 0.1) is 0 Å². The van der Waals surface area contributed by atoms with E-state index >= 15 is 0 Å². The van der Waals surface area contributed by atoms with Gasteiger partial charge in [-0.2, -0.15) is 0 Å². The number of cyclic esters (lactones) is 1. The van der Waals surface area contributed by atoms with Gasteiger partial charge in [-0.25, -0.2) is 0 Å². The van der Waals surface area contributed by atoms with Crippen molar-refractivity contribution in [1.29, 1.82) is 0 Å². The lowest BCUT2D eigenvalue weighted by atomic mass is 10.1. The molecule has 0 N–H and O–H groups in total. The molecule has 0 aromatic heterocycles. The number of alkyl halides is 1. The van der Waals surface area contributed by atoms with Gasteiger partial charge in [-0.15, -0.1) is 0 Å². The average molecular weight is 254 g/mol. The molecule has 10 heavy (non-hydrogen) atoms. The SMILES string of the molecule is CC(I)CC1CCC(=O)O1. The summed E-state index contributed by atoms with van der Waals surface area (Å²) in [5, 5.41) is 0. The van der Waals surface area contributed by atoms with Gasteiger partial charge in [0, 0.05) is 10.3 Å². The second-order valence-electron chi connectivity index (χ2n) is 2.67. The molecule has 0 aromatic carbocycles. The first-order chi connectivity index (χ1) is 4.68. The molecule has 0 aromatic rings. The zero-order valence-corrected chi connectivity index (χ0v) is 8.13. The molecular formula is C7H11IO2. The van der Waals surface area contributed by atoms with E-state index in [2.05, 4.69) is 29.5 Å². The Labute approximate surface area is 74.5 Å². The smallest absolute Gasteiger partial charge is 0.306 e. The summed E-state index contributed by atoms with van der Waals surface area (Å²) in [5.41, 5.74) is 0. The average Bonchev–Trinajstić information content (AvgIpc) is 2.13. The predicted octanol–water partition coefficient (Wildman–Crippen LogP) is 1.91. The van der Waals surface area contributed by atoms with Crippen LogP contribution in [0.1, 0.15) is 26.2 Å². The topological polar surface area (TPSA) is 26.3 Å². The molecule has 0 bridgehead atoms. The minimum atomic E-state index is -0.0259. The van der Waals surface area contributed by atoms with Gasteiger partial charge in [-0.3, -0.25) is 4.79 Å². The molecule has 1 rings (SSSR count). The molecule has 58 valence electrons. The fraction of sp³-hybridized carbons (Fsp3) is 0.857. The first kappa shape index (κ1) is 8.30. The maximum absolute atomic E-state index is 10.6. The van der Waals surface area contributed by atoms with Crippen LogP contribution >= 0.6 is 22.6 Å². The number of ether oxygens (including phenoxy) is 1. The van der Waals surface area contributed by atoms with Gasteiger partial charge in [-0.05, 0) is 12.8 Å². The van der Waals surface area contributed by atoms with E-state index in [9.17, 15) is 4.79 Å². The fourth-order valence-electron chi connectivity index (χ4n) is 1.11. The Morgan fingerprint density at radius 2 is 2.60 bits per heavy atom. The predicted molar refractivity (Wildman–Crippen MR) is 47.2 cm³/mol. The maximum Gasteiger partial charge on any atom is 0.306 e. The van der Waals surface area contributed by atoms with Crippen molar-refractivity contribution in [1.82, 2.24) is 0 Å². The molecule has 0 saturated carbocycles. The molecule has 1 aliphatic rings. The number of carbonyl (C=O) groups excluding carboxylic acids is 1. The van der Waals surface area contributed by atoms with E-state index in [4.69, 9.17) is 4.74 Å². The molecule has 3 heteroatoms. The van der Waals surface area contributed by atoms with Crippen LogP contribution in [0.15, 0.2) is 0 Å². The lowest BCUT2D eigenvalue weighted by Gasteiger charge is -2.09. The van der Waals surface area contributed by atoms with Crippen LogP contribution < -0.4 is 0 Å². The second kappa shape index (κ2) is 3.55. The molecule has 2 unspecified atom stereocenters. The largest absolute Gasteiger partial charge is 0.462 e. The van der Waals surface area contributed by atoms with Crippen molar-refractivity contribution in [3.05, 3.63) is 0 Å². The summed E-state index contributed by atoms with van der Waals surface area (Å²) < 4.78 is 5.63. The molecule has 1 saturated heterocycles. The summed E-state index contributed by atoms with van der Waals surface area (Å²) in [4.78, 5) is 10.6. The minimum Gasteiger partial charge on any atom is -0.462 e. The van der Waals surface area contributed by atoms with E-state index in [1.807, 2.05) is 0 Å². The van der Waals surface area contributed by atoms with Crippen molar-refractivity contribution < 1.29 is 9.53 Å². The van der Waals surface area contributed by atoms with E-state index in [1.54, 1.807) is 0 Å². The molecule has 0 aliphatic carbocycles. The van der Waals surface area contributed by atoms with Crippen molar-refractivity contribution in [2.45, 2.75) is 36.2 Å². The monoisotopic (exact) mass is 254 g/mol. The summed E-state index contributed by atoms with van der Waals surface area (Å²) in [6, 6.07) is 0. The van der Waals surface area contributed by atoms with E-state index in [0.29, 0.717) is 10.3 Å². The zero-order valence-electron chi connectivity index (χ0n) is 5.97. The van der Waals surface area contributed by atoms with Crippen LogP contribution in [0.25, 0.3) is 0 Å². The molecule has 1 aliphatic heterocycles. The Balaban J connectivity index is 2.24. The third kappa shape index (κ3) is 2.44. The van der Waals surface area contributed by atoms with Gasteiger partial charge in [0.2, 0.25) is 0 Å². The minimum absolute atomic E-state index is 0.0259. The Bertz CT molecular complexity index is 134. The third-order valence-corrected chi connectivity index (χ3v) is 2.06. The summed E-state index contributed by atoms with van der Waals surface area (Å²) in [6.07, 6.45) is 2.76. The van der Waals surface area contributed by atoms with Gasteiger partial charge in [0.15, 0.2) is 0 Å². The van der Waals surface area contributed by atoms with Crippen molar-refractivity contribution >= 4 is 28.6 Å².